The van der Waals surface area contributed by atoms with Gasteiger partial charge in [0.15, 0.2) is 0 Å². The number of hydrogen-bond donors (Lipinski definition) is 1. The molecule has 0 spiro atoms. The van der Waals surface area contributed by atoms with Crippen LogP contribution in [0.25, 0.3) is 0 Å². The van der Waals surface area contributed by atoms with Crippen LogP contribution in [0.15, 0.2) is 29.6 Å². The third-order valence-corrected chi connectivity index (χ3v) is 3.22. The molecule has 0 aliphatic heterocycles. The van der Waals surface area contributed by atoms with Crippen molar-refractivity contribution < 1.29 is 9.84 Å². The molecule has 2 aromatic rings. The minimum Gasteiger partial charge on any atom is -0.487 e. The predicted molar refractivity (Wildman–Crippen MR) is 68.3 cm³/mol. The molecule has 3 nitrogen and oxygen atoms in total. The van der Waals surface area contributed by atoms with Gasteiger partial charge in [0.25, 0.3) is 0 Å². The number of benzene rings is 1. The van der Waals surface area contributed by atoms with Gasteiger partial charge in [-0.05, 0) is 31.5 Å². The summed E-state index contributed by atoms with van der Waals surface area (Å²) in [5, 5.41) is 12.5. The Balaban J connectivity index is 2.01. The molecule has 0 saturated heterocycles. The maximum absolute atomic E-state index is 9.47. The van der Waals surface area contributed by atoms with E-state index in [0.29, 0.717) is 6.61 Å². The Kier molecular flexibility index (Phi) is 3.76. The summed E-state index contributed by atoms with van der Waals surface area (Å²) in [5.41, 5.74) is 1.80. The lowest BCUT2D eigenvalue weighted by atomic mass is 10.1. The Morgan fingerprint density at radius 2 is 2.29 bits per heavy atom. The molecule has 1 N–H and O–H groups in total. The summed E-state index contributed by atoms with van der Waals surface area (Å²) in [7, 11) is 0. The molecule has 0 saturated carbocycles. The van der Waals surface area contributed by atoms with E-state index in [9.17, 15) is 5.11 Å². The summed E-state index contributed by atoms with van der Waals surface area (Å²) in [5.74, 6) is 0.758. The van der Waals surface area contributed by atoms with E-state index in [0.717, 1.165) is 22.0 Å². The van der Waals surface area contributed by atoms with Crippen LogP contribution in [0.4, 0.5) is 0 Å². The fraction of sp³-hybridized carbons (Fsp3) is 0.308. The maximum Gasteiger partial charge on any atom is 0.131 e. The molecule has 2 rings (SSSR count). The topological polar surface area (TPSA) is 42.4 Å². The molecule has 17 heavy (non-hydrogen) atoms. The second-order valence-corrected chi connectivity index (χ2v) is 4.96. The molecular formula is C13H15NO2S. The number of aliphatic hydroxyl groups excluding tert-OH is 1. The Morgan fingerprint density at radius 3 is 2.94 bits per heavy atom. The fourth-order valence-electron chi connectivity index (χ4n) is 1.50. The molecule has 0 aliphatic carbocycles. The van der Waals surface area contributed by atoms with Crippen molar-refractivity contribution in [1.82, 2.24) is 4.98 Å². The first-order valence-corrected chi connectivity index (χ1v) is 6.35. The van der Waals surface area contributed by atoms with Gasteiger partial charge in [-0.25, -0.2) is 4.98 Å². The van der Waals surface area contributed by atoms with Gasteiger partial charge in [0, 0.05) is 5.38 Å². The van der Waals surface area contributed by atoms with Crippen LogP contribution in [0.1, 0.15) is 29.3 Å². The highest BCUT2D eigenvalue weighted by molar-refractivity contribution is 7.09. The number of ether oxygens (including phenoxy) is 1. The molecule has 4 heteroatoms. The van der Waals surface area contributed by atoms with Crippen molar-refractivity contribution in [2.75, 3.05) is 0 Å². The molecule has 0 amide bonds. The van der Waals surface area contributed by atoms with Crippen molar-refractivity contribution in [3.05, 3.63) is 45.9 Å². The summed E-state index contributed by atoms with van der Waals surface area (Å²) in [6.45, 7) is 4.18. The van der Waals surface area contributed by atoms with Crippen molar-refractivity contribution in [3.8, 4) is 5.75 Å². The van der Waals surface area contributed by atoms with Gasteiger partial charge in [0.2, 0.25) is 0 Å². The first-order chi connectivity index (χ1) is 8.15. The zero-order valence-electron chi connectivity index (χ0n) is 9.88. The van der Waals surface area contributed by atoms with Gasteiger partial charge in [-0.3, -0.25) is 0 Å². The molecule has 1 aromatic heterocycles. The Labute approximate surface area is 105 Å². The summed E-state index contributed by atoms with van der Waals surface area (Å²) >= 11 is 1.62. The van der Waals surface area contributed by atoms with E-state index in [1.807, 2.05) is 36.6 Å². The quantitative estimate of drug-likeness (QED) is 0.905. The van der Waals surface area contributed by atoms with Crippen LogP contribution in [0.3, 0.4) is 0 Å². The van der Waals surface area contributed by atoms with E-state index in [1.54, 1.807) is 18.3 Å². The molecule has 0 fully saturated rings. The SMILES string of the molecule is Cc1nc(COc2cccc([C@@H](C)O)c2)cs1. The number of hydrogen-bond acceptors (Lipinski definition) is 4. The lowest BCUT2D eigenvalue weighted by Crippen LogP contribution is -1.97. The lowest BCUT2D eigenvalue weighted by molar-refractivity contribution is 0.198. The zero-order chi connectivity index (χ0) is 12.3. The number of aryl methyl sites for hydroxylation is 1. The standard InChI is InChI=1S/C13H15NO2S/c1-9(15)11-4-3-5-13(6-11)16-7-12-8-17-10(2)14-12/h3-6,8-9,15H,7H2,1-2H3/t9-/m1/s1. The third kappa shape index (κ3) is 3.28. The van der Waals surface area contributed by atoms with E-state index in [2.05, 4.69) is 4.98 Å². The number of aliphatic hydroxyl groups is 1. The molecule has 0 unspecified atom stereocenters. The lowest BCUT2D eigenvalue weighted by Gasteiger charge is -2.08. The molecule has 1 atom stereocenters. The first kappa shape index (κ1) is 12.1. The van der Waals surface area contributed by atoms with E-state index in [-0.39, 0.29) is 0 Å². The molecule has 1 heterocycles. The maximum atomic E-state index is 9.47. The number of aromatic nitrogens is 1. The number of thiazole rings is 1. The zero-order valence-corrected chi connectivity index (χ0v) is 10.7. The fourth-order valence-corrected chi connectivity index (χ4v) is 2.09. The molecule has 0 bridgehead atoms. The molecule has 0 aliphatic rings. The van der Waals surface area contributed by atoms with E-state index < -0.39 is 6.10 Å². The van der Waals surface area contributed by atoms with Crippen molar-refractivity contribution in [3.63, 3.8) is 0 Å². The van der Waals surface area contributed by atoms with Gasteiger partial charge >= 0.3 is 0 Å². The predicted octanol–water partition coefficient (Wildman–Crippen LogP) is 3.08. The van der Waals surface area contributed by atoms with Crippen molar-refractivity contribution in [1.29, 1.82) is 0 Å². The van der Waals surface area contributed by atoms with Crippen molar-refractivity contribution in [2.24, 2.45) is 0 Å². The van der Waals surface area contributed by atoms with Gasteiger partial charge in [-0.2, -0.15) is 0 Å². The van der Waals surface area contributed by atoms with Crippen LogP contribution >= 0.6 is 11.3 Å². The van der Waals surface area contributed by atoms with Crippen LogP contribution in [-0.2, 0) is 6.61 Å². The Bertz CT molecular complexity index is 494. The minimum absolute atomic E-state index is 0.466. The monoisotopic (exact) mass is 249 g/mol. The largest absolute Gasteiger partial charge is 0.487 e. The molecule has 90 valence electrons. The first-order valence-electron chi connectivity index (χ1n) is 5.47. The highest BCUT2D eigenvalue weighted by Crippen LogP contribution is 2.20. The van der Waals surface area contributed by atoms with Crippen LogP contribution in [0, 0.1) is 6.92 Å². The Hall–Kier alpha value is -1.39. The summed E-state index contributed by atoms with van der Waals surface area (Å²) in [6.07, 6.45) is -0.472. The summed E-state index contributed by atoms with van der Waals surface area (Å²) in [4.78, 5) is 4.33. The smallest absolute Gasteiger partial charge is 0.131 e. The van der Waals surface area contributed by atoms with Gasteiger partial charge in [0.05, 0.1) is 16.8 Å². The van der Waals surface area contributed by atoms with Crippen LogP contribution in [0.5, 0.6) is 5.75 Å². The average molecular weight is 249 g/mol. The van der Waals surface area contributed by atoms with Crippen LogP contribution in [-0.4, -0.2) is 10.1 Å². The number of rotatable bonds is 4. The normalized spacial score (nSPS) is 12.4. The molecule has 1 aromatic carbocycles. The summed E-state index contributed by atoms with van der Waals surface area (Å²) in [6, 6.07) is 7.49. The second kappa shape index (κ2) is 5.29. The minimum atomic E-state index is -0.472. The van der Waals surface area contributed by atoms with E-state index in [4.69, 9.17) is 4.74 Å². The number of nitrogens with zero attached hydrogens (tertiary/aromatic N) is 1. The highest BCUT2D eigenvalue weighted by atomic mass is 32.1. The van der Waals surface area contributed by atoms with E-state index in [1.165, 1.54) is 0 Å². The molecular weight excluding hydrogens is 234 g/mol. The average Bonchev–Trinajstić information content (AvgIpc) is 2.73. The summed E-state index contributed by atoms with van der Waals surface area (Å²) < 4.78 is 5.63. The second-order valence-electron chi connectivity index (χ2n) is 3.89. The van der Waals surface area contributed by atoms with Crippen LogP contribution in [0.2, 0.25) is 0 Å². The van der Waals surface area contributed by atoms with E-state index >= 15 is 0 Å². The van der Waals surface area contributed by atoms with Crippen molar-refractivity contribution in [2.45, 2.75) is 26.6 Å². The van der Waals surface area contributed by atoms with Crippen LogP contribution < -0.4 is 4.74 Å². The van der Waals surface area contributed by atoms with Gasteiger partial charge < -0.3 is 9.84 Å². The Morgan fingerprint density at radius 1 is 1.47 bits per heavy atom. The van der Waals surface area contributed by atoms with Gasteiger partial charge in [0.1, 0.15) is 12.4 Å². The highest BCUT2D eigenvalue weighted by Gasteiger charge is 2.03. The third-order valence-electron chi connectivity index (χ3n) is 2.39. The van der Waals surface area contributed by atoms with Crippen molar-refractivity contribution >= 4 is 11.3 Å². The van der Waals surface area contributed by atoms with Gasteiger partial charge in [-0.15, -0.1) is 11.3 Å². The molecule has 0 radical (unpaired) electrons. The van der Waals surface area contributed by atoms with Gasteiger partial charge in [-0.1, -0.05) is 12.1 Å².